The molecule has 2 rings (SSSR count). The van der Waals surface area contributed by atoms with E-state index < -0.39 is 27.7 Å². The lowest BCUT2D eigenvalue weighted by Crippen LogP contribution is -2.43. The normalized spacial score (nSPS) is 23.1. The maximum atomic E-state index is 14.1. The van der Waals surface area contributed by atoms with Crippen LogP contribution in [-0.2, 0) is 14.8 Å². The highest BCUT2D eigenvalue weighted by atomic mass is 32.2. The Morgan fingerprint density at radius 3 is 2.62 bits per heavy atom. The van der Waals surface area contributed by atoms with Crippen LogP contribution in [-0.4, -0.2) is 32.1 Å². The van der Waals surface area contributed by atoms with Crippen LogP contribution in [0.25, 0.3) is 0 Å². The van der Waals surface area contributed by atoms with Gasteiger partial charge in [-0.15, -0.1) is 0 Å². The molecule has 116 valence electrons. The highest BCUT2D eigenvalue weighted by Gasteiger charge is 2.31. The van der Waals surface area contributed by atoms with Crippen molar-refractivity contribution in [3.8, 4) is 0 Å². The molecule has 0 radical (unpaired) electrons. The molecule has 1 aromatic rings. The van der Waals surface area contributed by atoms with Crippen LogP contribution in [0.1, 0.15) is 19.8 Å². The van der Waals surface area contributed by atoms with Crippen LogP contribution in [0.4, 0.5) is 10.1 Å². The van der Waals surface area contributed by atoms with E-state index in [4.69, 9.17) is 10.2 Å². The summed E-state index contributed by atoms with van der Waals surface area (Å²) in [6.45, 7) is 2.23. The average molecular weight is 316 g/mol. The number of hydrogen-bond donors (Lipinski definition) is 2. The first-order valence-electron chi connectivity index (χ1n) is 6.52. The Bertz CT molecular complexity index is 662. The minimum atomic E-state index is -3.94. The van der Waals surface area contributed by atoms with Crippen LogP contribution in [0.5, 0.6) is 0 Å². The van der Waals surface area contributed by atoms with Gasteiger partial charge in [0.1, 0.15) is 5.82 Å². The van der Waals surface area contributed by atoms with Crippen LogP contribution >= 0.6 is 0 Å². The predicted octanol–water partition coefficient (Wildman–Crippen LogP) is 1.16. The molecular formula is C13H17FN2O4S. The fourth-order valence-corrected chi connectivity index (χ4v) is 3.18. The molecule has 1 heterocycles. The van der Waals surface area contributed by atoms with Crippen molar-refractivity contribution in [1.82, 2.24) is 0 Å². The van der Waals surface area contributed by atoms with E-state index in [0.717, 1.165) is 6.07 Å². The fourth-order valence-electron chi connectivity index (χ4n) is 2.65. The van der Waals surface area contributed by atoms with Crippen molar-refractivity contribution in [3.63, 3.8) is 0 Å². The second-order valence-electron chi connectivity index (χ2n) is 5.26. The number of carboxylic acid groups (broad SMARTS) is 1. The highest BCUT2D eigenvalue weighted by Crippen LogP contribution is 2.30. The molecule has 0 spiro atoms. The van der Waals surface area contributed by atoms with Gasteiger partial charge in [-0.2, -0.15) is 0 Å². The number of nitrogens with zero attached hydrogens (tertiary/aromatic N) is 1. The molecule has 3 N–H and O–H groups in total. The van der Waals surface area contributed by atoms with Gasteiger partial charge in [-0.05, 0) is 38.0 Å². The number of carboxylic acids is 1. The smallest absolute Gasteiger partial charge is 0.306 e. The van der Waals surface area contributed by atoms with Gasteiger partial charge in [0.15, 0.2) is 0 Å². The molecule has 0 aliphatic carbocycles. The summed E-state index contributed by atoms with van der Waals surface area (Å²) in [5.41, 5.74) is 0.263. The Labute approximate surface area is 122 Å². The summed E-state index contributed by atoms with van der Waals surface area (Å²) in [7, 11) is -3.94. The van der Waals surface area contributed by atoms with Crippen molar-refractivity contribution in [2.24, 2.45) is 11.1 Å². The molecule has 2 unspecified atom stereocenters. The summed E-state index contributed by atoms with van der Waals surface area (Å²) < 4.78 is 36.5. The zero-order valence-corrected chi connectivity index (χ0v) is 12.3. The molecule has 1 fully saturated rings. The Balaban J connectivity index is 2.25. The van der Waals surface area contributed by atoms with Gasteiger partial charge < -0.3 is 10.0 Å². The van der Waals surface area contributed by atoms with Gasteiger partial charge in [0.05, 0.1) is 16.5 Å². The monoisotopic (exact) mass is 316 g/mol. The van der Waals surface area contributed by atoms with Crippen molar-refractivity contribution >= 4 is 21.7 Å². The minimum absolute atomic E-state index is 0.144. The topological polar surface area (TPSA) is 101 Å². The van der Waals surface area contributed by atoms with Crippen molar-refractivity contribution in [3.05, 3.63) is 24.0 Å². The largest absolute Gasteiger partial charge is 0.481 e. The SMILES string of the molecule is CC1CC(C(=O)O)CCN1c1ccc(S(N)(=O)=O)cc1F. The standard InChI is InChI=1S/C13H17FN2O4S/c1-8-6-9(13(17)18)4-5-16(8)12-3-2-10(7-11(12)14)21(15,19)20/h2-3,7-9H,4-6H2,1H3,(H,17,18)(H2,15,19,20). The molecule has 1 aliphatic heterocycles. The molecule has 0 bridgehead atoms. The maximum Gasteiger partial charge on any atom is 0.306 e. The molecule has 8 heteroatoms. The first kappa shape index (κ1) is 15.7. The van der Waals surface area contributed by atoms with Crippen molar-refractivity contribution in [2.75, 3.05) is 11.4 Å². The Morgan fingerprint density at radius 1 is 1.48 bits per heavy atom. The van der Waals surface area contributed by atoms with E-state index in [9.17, 15) is 17.6 Å². The summed E-state index contributed by atoms with van der Waals surface area (Å²) in [5, 5.41) is 14.0. The third kappa shape index (κ3) is 3.33. The number of aliphatic carboxylic acids is 1. The average Bonchev–Trinajstić information content (AvgIpc) is 2.38. The van der Waals surface area contributed by atoms with Crippen LogP contribution < -0.4 is 10.0 Å². The van der Waals surface area contributed by atoms with Gasteiger partial charge in [-0.25, -0.2) is 17.9 Å². The van der Waals surface area contributed by atoms with Crippen molar-refractivity contribution in [1.29, 1.82) is 0 Å². The lowest BCUT2D eigenvalue weighted by molar-refractivity contribution is -0.142. The second-order valence-corrected chi connectivity index (χ2v) is 6.82. The van der Waals surface area contributed by atoms with Gasteiger partial charge in [0.25, 0.3) is 0 Å². The van der Waals surface area contributed by atoms with Crippen molar-refractivity contribution in [2.45, 2.75) is 30.7 Å². The Hall–Kier alpha value is -1.67. The molecule has 6 nitrogen and oxygen atoms in total. The van der Waals surface area contributed by atoms with Gasteiger partial charge in [-0.3, -0.25) is 4.79 Å². The van der Waals surface area contributed by atoms with Gasteiger partial charge in [0.2, 0.25) is 10.0 Å². The zero-order chi connectivity index (χ0) is 15.8. The fraction of sp³-hybridized carbons (Fsp3) is 0.462. The summed E-state index contributed by atoms with van der Waals surface area (Å²) in [5.74, 6) is -1.95. The maximum absolute atomic E-state index is 14.1. The van der Waals surface area contributed by atoms with E-state index in [2.05, 4.69) is 0 Å². The quantitative estimate of drug-likeness (QED) is 0.871. The molecule has 2 atom stereocenters. The number of sulfonamides is 1. The van der Waals surface area contributed by atoms with Crippen LogP contribution in [0.15, 0.2) is 23.1 Å². The highest BCUT2D eigenvalue weighted by molar-refractivity contribution is 7.89. The number of nitrogens with two attached hydrogens (primary N) is 1. The van der Waals surface area contributed by atoms with E-state index in [1.54, 1.807) is 4.90 Å². The van der Waals surface area contributed by atoms with Gasteiger partial charge >= 0.3 is 5.97 Å². The lowest BCUT2D eigenvalue weighted by atomic mass is 9.91. The minimum Gasteiger partial charge on any atom is -0.481 e. The second kappa shape index (κ2) is 5.61. The van der Waals surface area contributed by atoms with Gasteiger partial charge in [0, 0.05) is 12.6 Å². The summed E-state index contributed by atoms with van der Waals surface area (Å²) in [6.07, 6.45) is 0.849. The van der Waals surface area contributed by atoms with E-state index in [1.165, 1.54) is 12.1 Å². The third-order valence-corrected chi connectivity index (χ3v) is 4.69. The van der Waals surface area contributed by atoms with Crippen molar-refractivity contribution < 1.29 is 22.7 Å². The number of piperidine rings is 1. The van der Waals surface area contributed by atoms with E-state index in [1.807, 2.05) is 6.92 Å². The first-order valence-corrected chi connectivity index (χ1v) is 8.06. The summed E-state index contributed by atoms with van der Waals surface area (Å²) >= 11 is 0. The van der Waals surface area contributed by atoms with Gasteiger partial charge in [-0.1, -0.05) is 0 Å². The molecule has 0 amide bonds. The number of primary sulfonamides is 1. The number of anilines is 1. The van der Waals surface area contributed by atoms with E-state index >= 15 is 0 Å². The number of benzene rings is 1. The predicted molar refractivity (Wildman–Crippen MR) is 74.9 cm³/mol. The van der Waals surface area contributed by atoms with Crippen LogP contribution in [0.3, 0.4) is 0 Å². The molecule has 1 aromatic carbocycles. The lowest BCUT2D eigenvalue weighted by Gasteiger charge is -2.38. The van der Waals surface area contributed by atoms with Crippen LogP contribution in [0, 0.1) is 11.7 Å². The molecular weight excluding hydrogens is 299 g/mol. The molecule has 0 saturated carbocycles. The van der Waals surface area contributed by atoms with E-state index in [-0.39, 0.29) is 16.6 Å². The number of halogens is 1. The zero-order valence-electron chi connectivity index (χ0n) is 11.5. The molecule has 21 heavy (non-hydrogen) atoms. The molecule has 1 aliphatic rings. The summed E-state index contributed by atoms with van der Waals surface area (Å²) in [4.78, 5) is 12.5. The number of hydrogen-bond acceptors (Lipinski definition) is 4. The summed E-state index contributed by atoms with van der Waals surface area (Å²) in [6, 6.07) is 3.37. The number of rotatable bonds is 3. The Kier molecular flexibility index (Phi) is 4.20. The van der Waals surface area contributed by atoms with Crippen LogP contribution in [0.2, 0.25) is 0 Å². The molecule has 1 saturated heterocycles. The molecule has 0 aromatic heterocycles. The Morgan fingerprint density at radius 2 is 2.14 bits per heavy atom. The first-order chi connectivity index (χ1) is 9.70. The number of carbonyl (C=O) groups is 1. The van der Waals surface area contributed by atoms with E-state index in [0.29, 0.717) is 19.4 Å². The third-order valence-electron chi connectivity index (χ3n) is 3.78.